The number of hydrogen-bond donors (Lipinski definition) is 1. The van der Waals surface area contributed by atoms with Gasteiger partial charge in [-0.25, -0.2) is 0 Å². The molecule has 174 valence electrons. The number of aromatic nitrogens is 1. The quantitative estimate of drug-likeness (QED) is 0.240. The third-order valence-corrected chi connectivity index (χ3v) is 5.52. The van der Waals surface area contributed by atoms with Gasteiger partial charge in [0.15, 0.2) is 5.82 Å². The molecule has 1 saturated heterocycles. The van der Waals surface area contributed by atoms with E-state index in [1.54, 1.807) is 68.6 Å². The largest absolute Gasteiger partial charge is 0.507 e. The molecule has 1 amide bonds. The van der Waals surface area contributed by atoms with Gasteiger partial charge in [0, 0.05) is 11.6 Å². The fraction of sp³-hybridized carbons (Fsp3) is 0.192. The van der Waals surface area contributed by atoms with Crippen LogP contribution in [0.25, 0.3) is 5.76 Å². The second-order valence-corrected chi connectivity index (χ2v) is 7.82. The number of benzene rings is 2. The van der Waals surface area contributed by atoms with Crippen molar-refractivity contribution in [3.8, 4) is 11.5 Å². The molecule has 1 atom stereocenters. The van der Waals surface area contributed by atoms with Gasteiger partial charge in [-0.15, -0.1) is 0 Å². The molecule has 2 heterocycles. The summed E-state index contributed by atoms with van der Waals surface area (Å²) in [4.78, 5) is 27.6. The molecule has 0 spiro atoms. The predicted octanol–water partition coefficient (Wildman–Crippen LogP) is 4.49. The highest BCUT2D eigenvalue weighted by atomic mass is 16.5. The summed E-state index contributed by atoms with van der Waals surface area (Å²) >= 11 is 0. The van der Waals surface area contributed by atoms with Crippen molar-refractivity contribution in [2.45, 2.75) is 19.9 Å². The lowest BCUT2D eigenvalue weighted by Crippen LogP contribution is -2.29. The first-order valence-electron chi connectivity index (χ1n) is 10.6. The van der Waals surface area contributed by atoms with Crippen LogP contribution < -0.4 is 14.4 Å². The Balaban J connectivity index is 1.91. The minimum absolute atomic E-state index is 0.0592. The van der Waals surface area contributed by atoms with Crippen LogP contribution in [-0.2, 0) is 9.59 Å². The summed E-state index contributed by atoms with van der Waals surface area (Å²) in [5, 5.41) is 15.2. The van der Waals surface area contributed by atoms with Crippen molar-refractivity contribution in [2.24, 2.45) is 0 Å². The molecular formula is C26H24N2O6. The number of methoxy groups -OCH3 is 1. The van der Waals surface area contributed by atoms with Gasteiger partial charge in [-0.05, 0) is 55.3 Å². The van der Waals surface area contributed by atoms with Crippen LogP contribution in [0.5, 0.6) is 11.5 Å². The molecular weight excluding hydrogens is 436 g/mol. The van der Waals surface area contributed by atoms with Crippen molar-refractivity contribution in [3.05, 3.63) is 89.2 Å². The van der Waals surface area contributed by atoms with Gasteiger partial charge in [0.25, 0.3) is 5.78 Å². The summed E-state index contributed by atoms with van der Waals surface area (Å²) in [5.41, 5.74) is 1.66. The topological polar surface area (TPSA) is 102 Å². The van der Waals surface area contributed by atoms with Crippen LogP contribution in [0.2, 0.25) is 0 Å². The van der Waals surface area contributed by atoms with Crippen molar-refractivity contribution in [1.82, 2.24) is 5.16 Å². The third kappa shape index (κ3) is 4.05. The van der Waals surface area contributed by atoms with E-state index in [1.807, 2.05) is 6.92 Å². The molecule has 1 N–H and O–H groups in total. The minimum Gasteiger partial charge on any atom is -0.507 e. The number of rotatable bonds is 7. The molecule has 8 heteroatoms. The average molecular weight is 460 g/mol. The molecule has 1 fully saturated rings. The van der Waals surface area contributed by atoms with Crippen LogP contribution >= 0.6 is 0 Å². The van der Waals surface area contributed by atoms with Gasteiger partial charge in [-0.2, -0.15) is 0 Å². The van der Waals surface area contributed by atoms with Gasteiger partial charge in [0.2, 0.25) is 0 Å². The van der Waals surface area contributed by atoms with Gasteiger partial charge in [0.1, 0.15) is 29.6 Å². The molecule has 8 nitrogen and oxygen atoms in total. The maximum Gasteiger partial charge on any atom is 0.301 e. The van der Waals surface area contributed by atoms with Crippen molar-refractivity contribution in [1.29, 1.82) is 0 Å². The number of amides is 1. The number of aliphatic hydroxyl groups is 1. The highest BCUT2D eigenvalue weighted by molar-refractivity contribution is 6.51. The van der Waals surface area contributed by atoms with Crippen LogP contribution in [-0.4, -0.2) is 35.7 Å². The lowest BCUT2D eigenvalue weighted by atomic mass is 9.94. The molecule has 1 aromatic heterocycles. The summed E-state index contributed by atoms with van der Waals surface area (Å²) in [7, 11) is 1.55. The Labute approximate surface area is 196 Å². The zero-order valence-corrected chi connectivity index (χ0v) is 19.1. The van der Waals surface area contributed by atoms with Gasteiger partial charge < -0.3 is 19.1 Å². The molecule has 0 bridgehead atoms. The van der Waals surface area contributed by atoms with E-state index in [1.165, 1.54) is 4.90 Å². The second-order valence-electron chi connectivity index (χ2n) is 7.82. The molecule has 2 aromatic carbocycles. The fourth-order valence-corrected chi connectivity index (χ4v) is 3.96. The first-order chi connectivity index (χ1) is 16.3. The van der Waals surface area contributed by atoms with E-state index in [0.717, 1.165) is 5.56 Å². The first-order valence-corrected chi connectivity index (χ1v) is 10.6. The number of ketones is 1. The van der Waals surface area contributed by atoms with Gasteiger partial charge >= 0.3 is 5.91 Å². The summed E-state index contributed by atoms with van der Waals surface area (Å²) in [6, 6.07) is 12.6. The molecule has 0 aliphatic carbocycles. The number of ether oxygens (including phenoxy) is 2. The van der Waals surface area contributed by atoms with Crippen molar-refractivity contribution in [2.75, 3.05) is 18.6 Å². The number of aliphatic hydroxyl groups excluding tert-OH is 1. The summed E-state index contributed by atoms with van der Waals surface area (Å²) in [6.07, 6.45) is 1.61. The molecule has 1 aliphatic heterocycles. The number of hydrogen-bond acceptors (Lipinski definition) is 7. The van der Waals surface area contributed by atoms with Gasteiger partial charge in [-0.1, -0.05) is 29.9 Å². The van der Waals surface area contributed by atoms with Crippen LogP contribution in [0.4, 0.5) is 5.82 Å². The van der Waals surface area contributed by atoms with Gasteiger partial charge in [-0.3, -0.25) is 14.5 Å². The number of Topliss-reactive ketones (excluding diaryl/α,β-unsaturated/α-hetero) is 1. The third-order valence-electron chi connectivity index (χ3n) is 5.52. The van der Waals surface area contributed by atoms with E-state index in [9.17, 15) is 14.7 Å². The zero-order chi connectivity index (χ0) is 24.4. The lowest BCUT2D eigenvalue weighted by molar-refractivity contribution is -0.132. The molecule has 3 aromatic rings. The molecule has 0 saturated carbocycles. The summed E-state index contributed by atoms with van der Waals surface area (Å²) < 4.78 is 16.1. The maximum absolute atomic E-state index is 13.2. The lowest BCUT2D eigenvalue weighted by Gasteiger charge is -2.23. The monoisotopic (exact) mass is 460 g/mol. The van der Waals surface area contributed by atoms with E-state index in [0.29, 0.717) is 28.4 Å². The average Bonchev–Trinajstić information content (AvgIpc) is 3.37. The maximum atomic E-state index is 13.2. The number of carbonyl (C=O) groups excluding carboxylic acids is 2. The van der Waals surface area contributed by atoms with Crippen LogP contribution in [0, 0.1) is 13.8 Å². The number of carbonyl (C=O) groups is 2. The minimum atomic E-state index is -0.945. The Bertz CT molecular complexity index is 1310. The normalized spacial score (nSPS) is 17.1. The van der Waals surface area contributed by atoms with E-state index in [-0.39, 0.29) is 23.8 Å². The highest BCUT2D eigenvalue weighted by Gasteiger charge is 2.48. The van der Waals surface area contributed by atoms with E-state index in [2.05, 4.69) is 11.7 Å². The molecule has 1 aliphatic rings. The van der Waals surface area contributed by atoms with Crippen molar-refractivity contribution >= 4 is 23.3 Å². The van der Waals surface area contributed by atoms with Gasteiger partial charge in [0.05, 0.1) is 18.7 Å². The van der Waals surface area contributed by atoms with E-state index in [4.69, 9.17) is 14.0 Å². The Morgan fingerprint density at radius 1 is 1.21 bits per heavy atom. The zero-order valence-electron chi connectivity index (χ0n) is 19.1. The Kier molecular flexibility index (Phi) is 6.23. The van der Waals surface area contributed by atoms with Crippen LogP contribution in [0.15, 0.2) is 71.3 Å². The van der Waals surface area contributed by atoms with E-state index < -0.39 is 17.7 Å². The molecule has 4 rings (SSSR count). The molecule has 0 unspecified atom stereocenters. The Morgan fingerprint density at radius 3 is 2.65 bits per heavy atom. The smallest absolute Gasteiger partial charge is 0.301 e. The van der Waals surface area contributed by atoms with Crippen LogP contribution in [0.3, 0.4) is 0 Å². The van der Waals surface area contributed by atoms with Crippen LogP contribution in [0.1, 0.15) is 28.5 Å². The summed E-state index contributed by atoms with van der Waals surface area (Å²) in [6.45, 7) is 7.45. The van der Waals surface area contributed by atoms with Crippen molar-refractivity contribution < 1.29 is 28.7 Å². The standard InChI is InChI=1S/C26H24N2O6/c1-5-11-33-19-8-6-7-17(14-19)23-22(24(29)18-9-10-20(32-4)15(2)12-18)25(30)26(31)28(23)21-13-16(3)34-27-21/h5-10,12-14,23,29H,1,11H2,2-4H3/t23-/m1/s1. The first kappa shape index (κ1) is 22.8. The molecule has 34 heavy (non-hydrogen) atoms. The Hall–Kier alpha value is -4.33. The Morgan fingerprint density at radius 2 is 2.00 bits per heavy atom. The number of nitrogens with zero attached hydrogens (tertiary/aromatic N) is 2. The predicted molar refractivity (Wildman–Crippen MR) is 126 cm³/mol. The van der Waals surface area contributed by atoms with Crippen molar-refractivity contribution in [3.63, 3.8) is 0 Å². The number of aryl methyl sites for hydroxylation is 2. The van der Waals surface area contributed by atoms with E-state index >= 15 is 0 Å². The molecule has 0 radical (unpaired) electrons. The second kappa shape index (κ2) is 9.27. The number of anilines is 1. The highest BCUT2D eigenvalue weighted by Crippen LogP contribution is 2.42. The SMILES string of the molecule is C=CCOc1cccc([C@@H]2C(=C(O)c3ccc(OC)c(C)c3)C(=O)C(=O)N2c2cc(C)on2)c1. The fourth-order valence-electron chi connectivity index (χ4n) is 3.96. The summed E-state index contributed by atoms with van der Waals surface area (Å²) in [5.74, 6) is -0.124.